The summed E-state index contributed by atoms with van der Waals surface area (Å²) in [5.41, 5.74) is 0.252. The van der Waals surface area contributed by atoms with E-state index < -0.39 is 6.10 Å². The Kier molecular flexibility index (Phi) is 3.71. The van der Waals surface area contributed by atoms with Crippen LogP contribution in [0.5, 0.6) is 5.75 Å². The number of phenols is 1. The molecule has 1 unspecified atom stereocenters. The lowest BCUT2D eigenvalue weighted by molar-refractivity contribution is 0.0701. The van der Waals surface area contributed by atoms with Crippen molar-refractivity contribution in [3.63, 3.8) is 0 Å². The van der Waals surface area contributed by atoms with Crippen LogP contribution < -0.4 is 0 Å². The normalized spacial score (nSPS) is 12.4. The Labute approximate surface area is 111 Å². The molecule has 0 saturated heterocycles. The van der Waals surface area contributed by atoms with Crippen molar-refractivity contribution in [3.8, 4) is 5.75 Å². The minimum Gasteiger partial charge on any atom is -0.507 e. The van der Waals surface area contributed by atoms with Crippen LogP contribution in [0.2, 0.25) is 0 Å². The number of likely N-dealkylation sites (N-methyl/N-ethyl adjacent to an activating group) is 1. The number of phenolic OH excluding ortho intramolecular Hbond substituents is 1. The van der Waals surface area contributed by atoms with E-state index in [0.29, 0.717) is 0 Å². The Morgan fingerprint density at radius 1 is 1.26 bits per heavy atom. The van der Waals surface area contributed by atoms with Crippen LogP contribution in [0.15, 0.2) is 36.4 Å². The minimum atomic E-state index is -0.600. The fourth-order valence-corrected chi connectivity index (χ4v) is 2.08. The summed E-state index contributed by atoms with van der Waals surface area (Å²) in [7, 11) is 1.60. The zero-order valence-corrected chi connectivity index (χ0v) is 11.0. The van der Waals surface area contributed by atoms with Crippen molar-refractivity contribution >= 4 is 16.7 Å². The van der Waals surface area contributed by atoms with Gasteiger partial charge in [-0.3, -0.25) is 4.79 Å². The van der Waals surface area contributed by atoms with E-state index in [1.54, 1.807) is 26.1 Å². The number of aromatic hydroxyl groups is 1. The van der Waals surface area contributed by atoms with Gasteiger partial charge in [-0.1, -0.05) is 24.3 Å². The minimum absolute atomic E-state index is 0.0406. The lowest BCUT2D eigenvalue weighted by Crippen LogP contribution is -2.33. The fraction of sp³-hybridized carbons (Fsp3) is 0.267. The molecule has 4 heteroatoms. The van der Waals surface area contributed by atoms with Crippen molar-refractivity contribution in [1.29, 1.82) is 0 Å². The van der Waals surface area contributed by atoms with Crippen molar-refractivity contribution in [3.05, 3.63) is 42.0 Å². The van der Waals surface area contributed by atoms with Gasteiger partial charge in [-0.15, -0.1) is 0 Å². The molecular formula is C15H17NO3. The van der Waals surface area contributed by atoms with Gasteiger partial charge < -0.3 is 15.1 Å². The van der Waals surface area contributed by atoms with Gasteiger partial charge in [0, 0.05) is 13.6 Å². The number of aliphatic hydroxyl groups excluding tert-OH is 1. The number of amides is 1. The second-order valence-corrected chi connectivity index (χ2v) is 4.75. The first-order chi connectivity index (χ1) is 8.99. The molecule has 1 amide bonds. The van der Waals surface area contributed by atoms with E-state index in [1.807, 2.05) is 24.3 Å². The van der Waals surface area contributed by atoms with E-state index >= 15 is 0 Å². The van der Waals surface area contributed by atoms with Gasteiger partial charge in [-0.05, 0) is 29.8 Å². The van der Waals surface area contributed by atoms with Gasteiger partial charge in [0.15, 0.2) is 0 Å². The van der Waals surface area contributed by atoms with Gasteiger partial charge in [0.05, 0.1) is 11.7 Å². The van der Waals surface area contributed by atoms with Crippen LogP contribution in [0.25, 0.3) is 10.8 Å². The van der Waals surface area contributed by atoms with Gasteiger partial charge in [0.25, 0.3) is 5.91 Å². The molecule has 0 bridgehead atoms. The Morgan fingerprint density at radius 3 is 2.42 bits per heavy atom. The molecule has 0 fully saturated rings. The summed E-state index contributed by atoms with van der Waals surface area (Å²) < 4.78 is 0. The first kappa shape index (κ1) is 13.4. The molecule has 0 aromatic heterocycles. The maximum atomic E-state index is 12.2. The molecule has 0 radical (unpaired) electrons. The first-order valence-corrected chi connectivity index (χ1v) is 6.14. The number of hydrogen-bond acceptors (Lipinski definition) is 3. The summed E-state index contributed by atoms with van der Waals surface area (Å²) in [4.78, 5) is 13.6. The van der Waals surface area contributed by atoms with E-state index in [0.717, 1.165) is 10.8 Å². The molecule has 0 spiro atoms. The van der Waals surface area contributed by atoms with Gasteiger partial charge in [0.2, 0.25) is 0 Å². The summed E-state index contributed by atoms with van der Waals surface area (Å²) in [5.74, 6) is -0.342. The molecular weight excluding hydrogens is 242 g/mol. The van der Waals surface area contributed by atoms with Crippen LogP contribution in [-0.2, 0) is 0 Å². The SMILES string of the molecule is CC(O)CN(C)C(=O)c1cc2ccccc2cc1O. The highest BCUT2D eigenvalue weighted by Gasteiger charge is 2.17. The standard InChI is InChI=1S/C15H17NO3/c1-10(17)9-16(2)15(19)13-7-11-5-3-4-6-12(11)8-14(13)18/h3-8,10,17-18H,9H2,1-2H3. The zero-order chi connectivity index (χ0) is 14.0. The average Bonchev–Trinajstić information content (AvgIpc) is 2.36. The Hall–Kier alpha value is -2.07. The maximum Gasteiger partial charge on any atom is 0.257 e. The molecule has 0 heterocycles. The van der Waals surface area contributed by atoms with Crippen LogP contribution in [0.1, 0.15) is 17.3 Å². The van der Waals surface area contributed by atoms with Gasteiger partial charge in [0.1, 0.15) is 5.75 Å². The lowest BCUT2D eigenvalue weighted by atomic mass is 10.0. The van der Waals surface area contributed by atoms with Gasteiger partial charge in [-0.25, -0.2) is 0 Å². The van der Waals surface area contributed by atoms with E-state index in [2.05, 4.69) is 0 Å². The highest BCUT2D eigenvalue weighted by atomic mass is 16.3. The number of carbonyl (C=O) groups excluding carboxylic acids is 1. The lowest BCUT2D eigenvalue weighted by Gasteiger charge is -2.19. The monoisotopic (exact) mass is 259 g/mol. The molecule has 100 valence electrons. The van der Waals surface area contributed by atoms with Crippen molar-refractivity contribution in [2.24, 2.45) is 0 Å². The number of carbonyl (C=O) groups is 1. The Bertz CT molecular complexity index is 607. The average molecular weight is 259 g/mol. The molecule has 4 nitrogen and oxygen atoms in total. The molecule has 0 saturated carbocycles. The van der Waals surface area contributed by atoms with E-state index in [4.69, 9.17) is 0 Å². The van der Waals surface area contributed by atoms with Crippen LogP contribution >= 0.6 is 0 Å². The molecule has 2 rings (SSSR count). The highest BCUT2D eigenvalue weighted by Crippen LogP contribution is 2.25. The number of benzene rings is 2. The summed E-state index contributed by atoms with van der Waals surface area (Å²) in [5, 5.41) is 21.0. The van der Waals surface area contributed by atoms with Crippen LogP contribution in [-0.4, -0.2) is 40.7 Å². The third-order valence-electron chi connectivity index (χ3n) is 2.98. The summed E-state index contributed by atoms with van der Waals surface area (Å²) >= 11 is 0. The molecule has 2 N–H and O–H groups in total. The summed E-state index contributed by atoms with van der Waals surface area (Å²) in [6.45, 7) is 1.84. The van der Waals surface area contributed by atoms with Crippen molar-refractivity contribution in [1.82, 2.24) is 4.90 Å². The smallest absolute Gasteiger partial charge is 0.257 e. The second kappa shape index (κ2) is 5.28. The largest absolute Gasteiger partial charge is 0.507 e. The predicted octanol–water partition coefficient (Wildman–Crippen LogP) is 2.00. The summed E-state index contributed by atoms with van der Waals surface area (Å²) in [6.07, 6.45) is -0.600. The van der Waals surface area contributed by atoms with Crippen LogP contribution in [0, 0.1) is 0 Å². The Balaban J connectivity index is 2.39. The fourth-order valence-electron chi connectivity index (χ4n) is 2.08. The second-order valence-electron chi connectivity index (χ2n) is 4.75. The zero-order valence-electron chi connectivity index (χ0n) is 11.0. The first-order valence-electron chi connectivity index (χ1n) is 6.14. The molecule has 19 heavy (non-hydrogen) atoms. The number of nitrogens with zero attached hydrogens (tertiary/aromatic N) is 1. The van der Waals surface area contributed by atoms with Gasteiger partial charge in [-0.2, -0.15) is 0 Å². The van der Waals surface area contributed by atoms with Crippen molar-refractivity contribution in [2.45, 2.75) is 13.0 Å². The maximum absolute atomic E-state index is 12.2. The molecule has 0 aliphatic rings. The number of fused-ring (bicyclic) bond motifs is 1. The molecule has 1 atom stereocenters. The van der Waals surface area contributed by atoms with E-state index in [-0.39, 0.29) is 23.8 Å². The van der Waals surface area contributed by atoms with Crippen molar-refractivity contribution in [2.75, 3.05) is 13.6 Å². The number of aliphatic hydroxyl groups is 1. The van der Waals surface area contributed by atoms with E-state index in [9.17, 15) is 15.0 Å². The van der Waals surface area contributed by atoms with Crippen molar-refractivity contribution < 1.29 is 15.0 Å². The highest BCUT2D eigenvalue weighted by molar-refractivity contribution is 6.01. The molecule has 2 aromatic carbocycles. The third kappa shape index (κ3) is 2.85. The van der Waals surface area contributed by atoms with E-state index in [1.165, 1.54) is 4.90 Å². The molecule has 2 aromatic rings. The summed E-state index contributed by atoms with van der Waals surface area (Å²) in [6, 6.07) is 10.8. The Morgan fingerprint density at radius 2 is 1.84 bits per heavy atom. The quantitative estimate of drug-likeness (QED) is 0.886. The molecule has 0 aliphatic heterocycles. The topological polar surface area (TPSA) is 60.8 Å². The molecule has 0 aliphatic carbocycles. The number of hydrogen-bond donors (Lipinski definition) is 2. The predicted molar refractivity (Wildman–Crippen MR) is 74.3 cm³/mol. The van der Waals surface area contributed by atoms with Gasteiger partial charge >= 0.3 is 0 Å². The number of rotatable bonds is 3. The van der Waals surface area contributed by atoms with Crippen LogP contribution in [0.4, 0.5) is 0 Å². The van der Waals surface area contributed by atoms with Crippen LogP contribution in [0.3, 0.4) is 0 Å². The third-order valence-corrected chi connectivity index (χ3v) is 2.98.